The van der Waals surface area contributed by atoms with E-state index in [0.717, 1.165) is 0 Å². The Hall–Kier alpha value is -2.24. The van der Waals surface area contributed by atoms with Gasteiger partial charge in [-0.15, -0.1) is 0 Å². The number of nitrogen functional groups attached to an aromatic ring is 1. The molecule has 0 fully saturated rings. The molecule has 0 atom stereocenters. The number of anilines is 3. The number of halogens is 3. The van der Waals surface area contributed by atoms with Crippen molar-refractivity contribution >= 4 is 17.2 Å². The Labute approximate surface area is 101 Å². The van der Waals surface area contributed by atoms with E-state index in [1.54, 1.807) is 19.1 Å². The minimum Gasteiger partial charge on any atom is -0.396 e. The topological polar surface area (TPSA) is 50.9 Å². The van der Waals surface area contributed by atoms with Gasteiger partial charge in [0.1, 0.15) is 5.82 Å². The van der Waals surface area contributed by atoms with Crippen molar-refractivity contribution in [2.45, 2.75) is 6.92 Å². The van der Waals surface area contributed by atoms with Crippen LogP contribution in [0.15, 0.2) is 24.3 Å². The number of pyridine rings is 1. The highest BCUT2D eigenvalue weighted by molar-refractivity contribution is 5.69. The third kappa shape index (κ3) is 2.37. The molecule has 94 valence electrons. The van der Waals surface area contributed by atoms with E-state index in [0.29, 0.717) is 17.8 Å². The van der Waals surface area contributed by atoms with Crippen molar-refractivity contribution in [2.75, 3.05) is 11.1 Å². The van der Waals surface area contributed by atoms with Gasteiger partial charge in [-0.25, -0.2) is 18.2 Å². The van der Waals surface area contributed by atoms with Crippen molar-refractivity contribution in [3.05, 3.63) is 47.4 Å². The van der Waals surface area contributed by atoms with Crippen molar-refractivity contribution < 1.29 is 13.2 Å². The van der Waals surface area contributed by atoms with Gasteiger partial charge in [-0.1, -0.05) is 0 Å². The minimum atomic E-state index is -1.25. The van der Waals surface area contributed by atoms with Crippen LogP contribution in [0.5, 0.6) is 0 Å². The first-order chi connectivity index (χ1) is 8.47. The maximum Gasteiger partial charge on any atom is 0.161 e. The standard InChI is InChI=1S/C12H10F3N3/c1-6-2-3-10(16)12(17-6)18-11-5-8(14)7(13)4-9(11)15/h2-5H,16H2,1H3,(H,17,18). The number of benzene rings is 1. The lowest BCUT2D eigenvalue weighted by Crippen LogP contribution is -2.03. The van der Waals surface area contributed by atoms with E-state index in [-0.39, 0.29) is 17.2 Å². The summed E-state index contributed by atoms with van der Waals surface area (Å²) in [6.45, 7) is 1.73. The summed E-state index contributed by atoms with van der Waals surface area (Å²) < 4.78 is 39.2. The van der Waals surface area contributed by atoms with Gasteiger partial charge in [-0.2, -0.15) is 0 Å². The third-order valence-electron chi connectivity index (χ3n) is 2.33. The summed E-state index contributed by atoms with van der Waals surface area (Å²) in [6.07, 6.45) is 0. The highest BCUT2D eigenvalue weighted by Crippen LogP contribution is 2.25. The second kappa shape index (κ2) is 4.56. The molecule has 0 amide bonds. The molecule has 1 aromatic heterocycles. The fourth-order valence-corrected chi connectivity index (χ4v) is 1.41. The van der Waals surface area contributed by atoms with Crippen molar-refractivity contribution in [3.63, 3.8) is 0 Å². The van der Waals surface area contributed by atoms with Crippen LogP contribution < -0.4 is 11.1 Å². The summed E-state index contributed by atoms with van der Waals surface area (Å²) >= 11 is 0. The number of nitrogens with one attached hydrogen (secondary N) is 1. The molecule has 6 heteroatoms. The number of rotatable bonds is 2. The van der Waals surface area contributed by atoms with E-state index < -0.39 is 17.5 Å². The Kier molecular flexibility index (Phi) is 3.10. The van der Waals surface area contributed by atoms with Crippen LogP contribution in [0.1, 0.15) is 5.69 Å². The molecule has 0 unspecified atom stereocenters. The number of aromatic nitrogens is 1. The van der Waals surface area contributed by atoms with Crippen LogP contribution in [-0.2, 0) is 0 Å². The summed E-state index contributed by atoms with van der Waals surface area (Å²) in [4.78, 5) is 4.04. The average molecular weight is 253 g/mol. The molecular formula is C12H10F3N3. The van der Waals surface area contributed by atoms with Gasteiger partial charge in [-0.05, 0) is 19.1 Å². The smallest absolute Gasteiger partial charge is 0.161 e. The number of aryl methyl sites for hydroxylation is 1. The third-order valence-corrected chi connectivity index (χ3v) is 2.33. The molecule has 0 saturated heterocycles. The van der Waals surface area contributed by atoms with Crippen molar-refractivity contribution in [2.24, 2.45) is 0 Å². The Bertz CT molecular complexity index is 599. The first kappa shape index (κ1) is 12.2. The first-order valence-corrected chi connectivity index (χ1v) is 5.12. The number of hydrogen-bond acceptors (Lipinski definition) is 3. The number of nitrogens with two attached hydrogens (primary N) is 1. The summed E-state index contributed by atoms with van der Waals surface area (Å²) in [5.41, 5.74) is 6.36. The molecule has 1 heterocycles. The quantitative estimate of drug-likeness (QED) is 0.808. The van der Waals surface area contributed by atoms with Gasteiger partial charge in [0, 0.05) is 17.8 Å². The molecule has 0 aliphatic heterocycles. The number of nitrogens with zero attached hydrogens (tertiary/aromatic N) is 1. The first-order valence-electron chi connectivity index (χ1n) is 5.12. The predicted octanol–water partition coefficient (Wildman–Crippen LogP) is 3.13. The molecule has 0 radical (unpaired) electrons. The van der Waals surface area contributed by atoms with Crippen molar-refractivity contribution in [1.29, 1.82) is 0 Å². The van der Waals surface area contributed by atoms with Crippen LogP contribution in [0, 0.1) is 24.4 Å². The molecular weight excluding hydrogens is 243 g/mol. The summed E-state index contributed by atoms with van der Waals surface area (Å²) in [6, 6.07) is 4.45. The average Bonchev–Trinajstić information content (AvgIpc) is 2.30. The van der Waals surface area contributed by atoms with Crippen LogP contribution >= 0.6 is 0 Å². The van der Waals surface area contributed by atoms with Crippen molar-refractivity contribution in [1.82, 2.24) is 4.98 Å². The lowest BCUT2D eigenvalue weighted by atomic mass is 10.2. The Balaban J connectivity index is 2.40. The van der Waals surface area contributed by atoms with E-state index >= 15 is 0 Å². The molecule has 0 spiro atoms. The Morgan fingerprint density at radius 1 is 1.06 bits per heavy atom. The second-order valence-corrected chi connectivity index (χ2v) is 3.76. The predicted molar refractivity (Wildman–Crippen MR) is 63.0 cm³/mol. The van der Waals surface area contributed by atoms with Gasteiger partial charge in [0.15, 0.2) is 17.5 Å². The largest absolute Gasteiger partial charge is 0.396 e. The van der Waals surface area contributed by atoms with E-state index in [1.807, 2.05) is 0 Å². The van der Waals surface area contributed by atoms with Gasteiger partial charge in [-0.3, -0.25) is 0 Å². The summed E-state index contributed by atoms with van der Waals surface area (Å²) in [5.74, 6) is -3.12. The highest BCUT2D eigenvalue weighted by atomic mass is 19.2. The Morgan fingerprint density at radius 2 is 1.72 bits per heavy atom. The highest BCUT2D eigenvalue weighted by Gasteiger charge is 2.11. The maximum absolute atomic E-state index is 13.4. The van der Waals surface area contributed by atoms with Crippen LogP contribution in [0.2, 0.25) is 0 Å². The fraction of sp³-hybridized carbons (Fsp3) is 0.0833. The number of hydrogen-bond donors (Lipinski definition) is 2. The molecule has 2 rings (SSSR count). The minimum absolute atomic E-state index is 0.194. The van der Waals surface area contributed by atoms with Gasteiger partial charge in [0.2, 0.25) is 0 Å². The van der Waals surface area contributed by atoms with E-state index in [4.69, 9.17) is 5.73 Å². The Morgan fingerprint density at radius 3 is 2.44 bits per heavy atom. The second-order valence-electron chi connectivity index (χ2n) is 3.76. The zero-order valence-corrected chi connectivity index (χ0v) is 9.47. The normalized spacial score (nSPS) is 10.4. The summed E-state index contributed by atoms with van der Waals surface area (Å²) in [5, 5.41) is 2.53. The van der Waals surface area contributed by atoms with Crippen LogP contribution in [0.3, 0.4) is 0 Å². The van der Waals surface area contributed by atoms with Gasteiger partial charge in [0.25, 0.3) is 0 Å². The summed E-state index contributed by atoms with van der Waals surface area (Å²) in [7, 11) is 0. The van der Waals surface area contributed by atoms with Gasteiger partial charge >= 0.3 is 0 Å². The van der Waals surface area contributed by atoms with Gasteiger partial charge in [0.05, 0.1) is 11.4 Å². The lowest BCUT2D eigenvalue weighted by molar-refractivity contribution is 0.496. The monoisotopic (exact) mass is 253 g/mol. The van der Waals surface area contributed by atoms with Crippen molar-refractivity contribution in [3.8, 4) is 0 Å². The molecule has 2 aromatic rings. The molecule has 0 saturated carbocycles. The molecule has 0 bridgehead atoms. The molecule has 0 aliphatic rings. The lowest BCUT2D eigenvalue weighted by Gasteiger charge is -2.10. The van der Waals surface area contributed by atoms with E-state index in [2.05, 4.69) is 10.3 Å². The van der Waals surface area contributed by atoms with Crippen LogP contribution in [-0.4, -0.2) is 4.98 Å². The molecule has 0 aliphatic carbocycles. The molecule has 18 heavy (non-hydrogen) atoms. The van der Waals surface area contributed by atoms with Gasteiger partial charge < -0.3 is 11.1 Å². The fourth-order valence-electron chi connectivity index (χ4n) is 1.41. The van der Waals surface area contributed by atoms with E-state index in [9.17, 15) is 13.2 Å². The van der Waals surface area contributed by atoms with Crippen LogP contribution in [0.25, 0.3) is 0 Å². The zero-order valence-electron chi connectivity index (χ0n) is 9.47. The molecule has 3 nitrogen and oxygen atoms in total. The van der Waals surface area contributed by atoms with Crippen LogP contribution in [0.4, 0.5) is 30.4 Å². The molecule has 3 N–H and O–H groups in total. The molecule has 1 aromatic carbocycles. The van der Waals surface area contributed by atoms with E-state index in [1.165, 1.54) is 0 Å². The SMILES string of the molecule is Cc1ccc(N)c(Nc2cc(F)c(F)cc2F)n1. The maximum atomic E-state index is 13.4. The zero-order chi connectivity index (χ0) is 13.3.